The fourth-order valence-corrected chi connectivity index (χ4v) is 3.91. The van der Waals surface area contributed by atoms with Gasteiger partial charge >= 0.3 is 0 Å². The summed E-state index contributed by atoms with van der Waals surface area (Å²) in [5.41, 5.74) is 2.21. The van der Waals surface area contributed by atoms with E-state index in [4.69, 9.17) is 4.74 Å². The minimum Gasteiger partial charge on any atom is -0.480 e. The van der Waals surface area contributed by atoms with Gasteiger partial charge in [-0.3, -0.25) is 4.79 Å². The maximum Gasteiger partial charge on any atom is 0.261 e. The third kappa shape index (κ3) is 6.31. The van der Waals surface area contributed by atoms with Gasteiger partial charge < -0.3 is 15.0 Å². The zero-order chi connectivity index (χ0) is 19.1. The van der Waals surface area contributed by atoms with Crippen LogP contribution in [0.4, 0.5) is 0 Å². The summed E-state index contributed by atoms with van der Waals surface area (Å²) in [4.78, 5) is 15.0. The SMILES string of the molecule is CCC(Oc1cc(C)ccc1C)C(=O)NCCCN1CC(C)CC(C)C1. The molecule has 26 heavy (non-hydrogen) atoms. The average molecular weight is 361 g/mol. The van der Waals surface area contributed by atoms with Crippen molar-refractivity contribution in [3.05, 3.63) is 29.3 Å². The molecule has 1 N–H and O–H groups in total. The van der Waals surface area contributed by atoms with E-state index in [1.165, 1.54) is 19.5 Å². The van der Waals surface area contributed by atoms with Crippen LogP contribution in [0.2, 0.25) is 0 Å². The third-order valence-corrected chi connectivity index (χ3v) is 5.17. The molecule has 1 amide bonds. The van der Waals surface area contributed by atoms with Crippen LogP contribution in [-0.4, -0.2) is 43.1 Å². The van der Waals surface area contributed by atoms with Gasteiger partial charge in [-0.05, 0) is 68.7 Å². The number of aryl methyl sites for hydroxylation is 2. The summed E-state index contributed by atoms with van der Waals surface area (Å²) in [5, 5.41) is 3.06. The lowest BCUT2D eigenvalue weighted by Crippen LogP contribution is -2.42. The Hall–Kier alpha value is -1.55. The maximum atomic E-state index is 12.5. The number of hydrogen-bond acceptors (Lipinski definition) is 3. The molecule has 1 heterocycles. The summed E-state index contributed by atoms with van der Waals surface area (Å²) in [5.74, 6) is 2.37. The van der Waals surface area contributed by atoms with Crippen molar-refractivity contribution in [3.8, 4) is 5.75 Å². The molecule has 0 saturated carbocycles. The largest absolute Gasteiger partial charge is 0.480 e. The van der Waals surface area contributed by atoms with Crippen LogP contribution in [0.1, 0.15) is 51.2 Å². The molecule has 3 atom stereocenters. The van der Waals surface area contributed by atoms with Crippen molar-refractivity contribution < 1.29 is 9.53 Å². The first-order valence-corrected chi connectivity index (χ1v) is 10.1. The van der Waals surface area contributed by atoms with E-state index < -0.39 is 6.10 Å². The molecule has 4 heteroatoms. The minimum absolute atomic E-state index is 0.00575. The van der Waals surface area contributed by atoms with Crippen molar-refractivity contribution in [2.45, 2.75) is 60.0 Å². The Morgan fingerprint density at radius 3 is 2.62 bits per heavy atom. The number of likely N-dealkylation sites (tertiary alicyclic amines) is 1. The molecule has 0 aliphatic carbocycles. The van der Waals surface area contributed by atoms with Gasteiger partial charge in [0.2, 0.25) is 0 Å². The Labute approximate surface area is 159 Å². The normalized spacial score (nSPS) is 22.0. The lowest BCUT2D eigenvalue weighted by atomic mass is 9.92. The second-order valence-electron chi connectivity index (χ2n) is 8.13. The van der Waals surface area contributed by atoms with Crippen LogP contribution >= 0.6 is 0 Å². The fraction of sp³-hybridized carbons (Fsp3) is 0.682. The molecule has 4 nitrogen and oxygen atoms in total. The van der Waals surface area contributed by atoms with E-state index in [1.807, 2.05) is 32.9 Å². The standard InChI is InChI=1S/C22H36N2O2/c1-6-20(26-21-13-16(2)8-9-19(21)5)22(25)23-10-7-11-24-14-17(3)12-18(4)15-24/h8-9,13,17-18,20H,6-7,10-12,14-15H2,1-5H3,(H,23,25). The molecule has 0 bridgehead atoms. The summed E-state index contributed by atoms with van der Waals surface area (Å²) < 4.78 is 5.99. The van der Waals surface area contributed by atoms with Crippen molar-refractivity contribution in [2.24, 2.45) is 11.8 Å². The molecule has 1 aromatic carbocycles. The Bertz CT molecular complexity index is 578. The highest BCUT2D eigenvalue weighted by Gasteiger charge is 2.22. The van der Waals surface area contributed by atoms with Crippen LogP contribution in [0.25, 0.3) is 0 Å². The first-order chi connectivity index (χ1) is 12.4. The second-order valence-corrected chi connectivity index (χ2v) is 8.13. The van der Waals surface area contributed by atoms with Crippen molar-refractivity contribution in [1.82, 2.24) is 10.2 Å². The lowest BCUT2D eigenvalue weighted by molar-refractivity contribution is -0.128. The van der Waals surface area contributed by atoms with Gasteiger partial charge in [0.05, 0.1) is 0 Å². The monoisotopic (exact) mass is 360 g/mol. The molecule has 1 aliphatic heterocycles. The fourth-order valence-electron chi connectivity index (χ4n) is 3.91. The van der Waals surface area contributed by atoms with Gasteiger partial charge in [0, 0.05) is 19.6 Å². The summed E-state index contributed by atoms with van der Waals surface area (Å²) in [6.07, 6.45) is 2.57. The number of ether oxygens (including phenoxy) is 1. The maximum absolute atomic E-state index is 12.5. The smallest absolute Gasteiger partial charge is 0.261 e. The molecule has 1 saturated heterocycles. The van der Waals surface area contributed by atoms with Crippen LogP contribution in [-0.2, 0) is 4.79 Å². The number of nitrogens with one attached hydrogen (secondary N) is 1. The predicted octanol–water partition coefficient (Wildman–Crippen LogP) is 3.95. The van der Waals surface area contributed by atoms with Crippen molar-refractivity contribution in [3.63, 3.8) is 0 Å². The topological polar surface area (TPSA) is 41.6 Å². The lowest BCUT2D eigenvalue weighted by Gasteiger charge is -2.35. The van der Waals surface area contributed by atoms with Gasteiger partial charge in [-0.2, -0.15) is 0 Å². The minimum atomic E-state index is -0.425. The Kier molecular flexibility index (Phi) is 7.95. The van der Waals surface area contributed by atoms with E-state index in [1.54, 1.807) is 0 Å². The molecule has 1 aromatic rings. The molecule has 1 fully saturated rings. The molecule has 0 aromatic heterocycles. The Morgan fingerprint density at radius 2 is 1.96 bits per heavy atom. The summed E-state index contributed by atoms with van der Waals surface area (Å²) in [6.45, 7) is 14.9. The zero-order valence-electron chi connectivity index (χ0n) is 17.2. The third-order valence-electron chi connectivity index (χ3n) is 5.17. The van der Waals surface area contributed by atoms with Crippen LogP contribution in [0.15, 0.2) is 18.2 Å². The molecule has 146 valence electrons. The van der Waals surface area contributed by atoms with Crippen molar-refractivity contribution in [1.29, 1.82) is 0 Å². The van der Waals surface area contributed by atoms with Gasteiger partial charge in [-0.1, -0.05) is 32.9 Å². The quantitative estimate of drug-likeness (QED) is 0.714. The highest BCUT2D eigenvalue weighted by Crippen LogP contribution is 2.22. The van der Waals surface area contributed by atoms with E-state index in [9.17, 15) is 4.79 Å². The number of carbonyl (C=O) groups excluding carboxylic acids is 1. The Morgan fingerprint density at radius 1 is 1.27 bits per heavy atom. The second kappa shape index (κ2) is 9.96. The van der Waals surface area contributed by atoms with Gasteiger partial charge in [0.1, 0.15) is 5.75 Å². The van der Waals surface area contributed by atoms with Crippen molar-refractivity contribution in [2.75, 3.05) is 26.2 Å². The predicted molar refractivity (Wildman–Crippen MR) is 108 cm³/mol. The number of amides is 1. The number of benzene rings is 1. The zero-order valence-corrected chi connectivity index (χ0v) is 17.2. The van der Waals surface area contributed by atoms with Crippen LogP contribution in [0.5, 0.6) is 5.75 Å². The Balaban J connectivity index is 1.75. The van der Waals surface area contributed by atoms with E-state index in [0.717, 1.165) is 41.7 Å². The molecule has 0 radical (unpaired) electrons. The number of rotatable bonds is 8. The molecule has 3 unspecified atom stereocenters. The molecular formula is C22H36N2O2. The van der Waals surface area contributed by atoms with Crippen LogP contribution in [0, 0.1) is 25.7 Å². The molecule has 1 aliphatic rings. The van der Waals surface area contributed by atoms with E-state index in [2.05, 4.69) is 30.1 Å². The van der Waals surface area contributed by atoms with E-state index >= 15 is 0 Å². The molecular weight excluding hydrogens is 324 g/mol. The van der Waals surface area contributed by atoms with Gasteiger partial charge in [0.15, 0.2) is 6.10 Å². The van der Waals surface area contributed by atoms with Gasteiger partial charge in [0.25, 0.3) is 5.91 Å². The number of hydrogen-bond donors (Lipinski definition) is 1. The van der Waals surface area contributed by atoms with E-state index in [0.29, 0.717) is 13.0 Å². The first kappa shape index (κ1) is 20.8. The molecule has 0 spiro atoms. The van der Waals surface area contributed by atoms with Gasteiger partial charge in [-0.15, -0.1) is 0 Å². The summed E-state index contributed by atoms with van der Waals surface area (Å²) in [7, 11) is 0. The number of carbonyl (C=O) groups is 1. The van der Waals surface area contributed by atoms with Gasteiger partial charge in [-0.25, -0.2) is 0 Å². The molecule has 2 rings (SSSR count). The van der Waals surface area contributed by atoms with E-state index in [-0.39, 0.29) is 5.91 Å². The van der Waals surface area contributed by atoms with Crippen molar-refractivity contribution >= 4 is 5.91 Å². The number of nitrogens with zero attached hydrogens (tertiary/aromatic N) is 1. The average Bonchev–Trinajstić information content (AvgIpc) is 2.58. The highest BCUT2D eigenvalue weighted by atomic mass is 16.5. The summed E-state index contributed by atoms with van der Waals surface area (Å²) >= 11 is 0. The first-order valence-electron chi connectivity index (χ1n) is 10.1. The highest BCUT2D eigenvalue weighted by molar-refractivity contribution is 5.81. The van der Waals surface area contributed by atoms with Crippen LogP contribution in [0.3, 0.4) is 0 Å². The summed E-state index contributed by atoms with van der Waals surface area (Å²) in [6, 6.07) is 6.10. The number of piperidine rings is 1. The van der Waals surface area contributed by atoms with Crippen LogP contribution < -0.4 is 10.1 Å².